The molecule has 1 aromatic carbocycles. The van der Waals surface area contributed by atoms with Gasteiger partial charge in [-0.2, -0.15) is 0 Å². The van der Waals surface area contributed by atoms with Crippen molar-refractivity contribution in [3.8, 4) is 5.75 Å². The van der Waals surface area contributed by atoms with Gasteiger partial charge >= 0.3 is 5.97 Å². The van der Waals surface area contributed by atoms with E-state index in [1.165, 1.54) is 7.11 Å². The number of rotatable bonds is 5. The Morgan fingerprint density at radius 3 is 2.88 bits per heavy atom. The molecule has 0 fully saturated rings. The van der Waals surface area contributed by atoms with E-state index in [1.54, 1.807) is 13.1 Å². The lowest BCUT2D eigenvalue weighted by molar-refractivity contribution is -0.140. The van der Waals surface area contributed by atoms with Gasteiger partial charge in [-0.1, -0.05) is 12.1 Å². The van der Waals surface area contributed by atoms with Crippen molar-refractivity contribution in [3.63, 3.8) is 0 Å². The molecule has 1 aliphatic heterocycles. The van der Waals surface area contributed by atoms with E-state index < -0.39 is 6.10 Å². The number of nitrogens with one attached hydrogen (secondary N) is 2. The number of esters is 1. The molecule has 2 N–H and O–H groups in total. The number of amides is 1. The predicted molar refractivity (Wildman–Crippen MR) is 94.1 cm³/mol. The molecule has 0 radical (unpaired) electrons. The van der Waals surface area contributed by atoms with Crippen LogP contribution in [0.25, 0.3) is 0 Å². The number of methoxy groups -OCH3 is 1. The summed E-state index contributed by atoms with van der Waals surface area (Å²) >= 11 is 5.44. The zero-order valence-corrected chi connectivity index (χ0v) is 14.5. The molecule has 0 unspecified atom stereocenters. The van der Waals surface area contributed by atoms with Gasteiger partial charge in [-0.05, 0) is 30.8 Å². The number of benzene rings is 1. The molecule has 0 spiro atoms. The minimum Gasteiger partial charge on any atom is -0.477 e. The Hall–Kier alpha value is -2.35. The van der Waals surface area contributed by atoms with E-state index >= 15 is 0 Å². The summed E-state index contributed by atoms with van der Waals surface area (Å²) in [6, 6.07) is 7.42. The topological polar surface area (TPSA) is 79.9 Å². The molecule has 7 nitrogen and oxygen atoms in total. The lowest BCUT2D eigenvalue weighted by Crippen LogP contribution is -2.52. The first-order valence-electron chi connectivity index (χ1n) is 7.66. The molecular formula is C16H21N3O4S. The molecular weight excluding hydrogens is 330 g/mol. The fourth-order valence-electron chi connectivity index (χ4n) is 2.35. The highest BCUT2D eigenvalue weighted by Gasteiger charge is 2.31. The third kappa shape index (κ3) is 4.35. The maximum absolute atomic E-state index is 11.9. The van der Waals surface area contributed by atoms with Crippen LogP contribution in [0.5, 0.6) is 5.75 Å². The van der Waals surface area contributed by atoms with E-state index in [9.17, 15) is 9.59 Å². The molecule has 0 saturated heterocycles. The number of anilines is 1. The second kappa shape index (κ2) is 8.49. The molecule has 24 heavy (non-hydrogen) atoms. The van der Waals surface area contributed by atoms with Crippen LogP contribution in [0, 0.1) is 0 Å². The summed E-state index contributed by atoms with van der Waals surface area (Å²) in [6.45, 7) is 0.859. The third-order valence-electron chi connectivity index (χ3n) is 3.62. The second-order valence-electron chi connectivity index (χ2n) is 5.21. The first kappa shape index (κ1) is 18.0. The van der Waals surface area contributed by atoms with Gasteiger partial charge < -0.3 is 25.0 Å². The number of hydrogen-bond acceptors (Lipinski definition) is 5. The fraction of sp³-hybridized carbons (Fsp3) is 0.438. The number of carbonyl (C=O) groups is 2. The molecule has 0 aromatic heterocycles. The van der Waals surface area contributed by atoms with Gasteiger partial charge in [0.15, 0.2) is 11.2 Å². The van der Waals surface area contributed by atoms with Crippen molar-refractivity contribution in [1.29, 1.82) is 0 Å². The normalized spacial score (nSPS) is 15.8. The highest BCUT2D eigenvalue weighted by atomic mass is 32.1. The summed E-state index contributed by atoms with van der Waals surface area (Å²) in [5, 5.41) is 6.19. The molecule has 1 heterocycles. The molecule has 0 aliphatic carbocycles. The number of thiocarbonyl (C=S) groups is 1. The average molecular weight is 351 g/mol. The van der Waals surface area contributed by atoms with Crippen molar-refractivity contribution in [1.82, 2.24) is 10.6 Å². The Labute approximate surface area is 146 Å². The molecule has 1 aliphatic rings. The van der Waals surface area contributed by atoms with Crippen LogP contribution in [-0.2, 0) is 14.3 Å². The SMILES string of the molecule is CNC(=O)[C@H]1CN(C(=S)NCCCC(=O)OC)c2ccccc2O1. The quantitative estimate of drug-likeness (QED) is 0.462. The van der Waals surface area contributed by atoms with Crippen LogP contribution in [0.2, 0.25) is 0 Å². The molecule has 8 heteroatoms. The molecule has 130 valence electrons. The van der Waals surface area contributed by atoms with E-state index in [0.717, 1.165) is 5.69 Å². The molecule has 1 atom stereocenters. The summed E-state index contributed by atoms with van der Waals surface area (Å²) in [7, 11) is 2.93. The standard InChI is InChI=1S/C16H21N3O4S/c1-17-15(21)13-10-19(11-6-3-4-7-12(11)23-13)16(24)18-9-5-8-14(20)22-2/h3-4,6-7,13H,5,8-10H2,1-2H3,(H,17,21)(H,18,24)/t13-/m1/s1. The van der Waals surface area contributed by atoms with Crippen molar-refractivity contribution in [2.45, 2.75) is 18.9 Å². The number of likely N-dealkylation sites (N-methyl/N-ethyl adjacent to an activating group) is 1. The Bertz CT molecular complexity index is 623. The maximum atomic E-state index is 11.9. The summed E-state index contributed by atoms with van der Waals surface area (Å²) in [4.78, 5) is 24.9. The van der Waals surface area contributed by atoms with Gasteiger partial charge in [0.25, 0.3) is 5.91 Å². The Balaban J connectivity index is 2.02. The number of fused-ring (bicyclic) bond motifs is 1. The third-order valence-corrected chi connectivity index (χ3v) is 3.98. The van der Waals surface area contributed by atoms with Crippen LogP contribution < -0.4 is 20.3 Å². The van der Waals surface area contributed by atoms with Crippen molar-refractivity contribution in [3.05, 3.63) is 24.3 Å². The first-order chi connectivity index (χ1) is 11.6. The number of para-hydroxylation sites is 2. The van der Waals surface area contributed by atoms with Crippen LogP contribution in [0.4, 0.5) is 5.69 Å². The molecule has 1 amide bonds. The summed E-state index contributed by atoms with van der Waals surface area (Å²) < 4.78 is 10.3. The van der Waals surface area contributed by atoms with Gasteiger partial charge in [-0.15, -0.1) is 0 Å². The average Bonchev–Trinajstić information content (AvgIpc) is 2.63. The highest BCUT2D eigenvalue weighted by Crippen LogP contribution is 2.33. The van der Waals surface area contributed by atoms with Gasteiger partial charge in [0.2, 0.25) is 0 Å². The molecule has 2 rings (SSSR count). The van der Waals surface area contributed by atoms with Crippen molar-refractivity contribution in [2.75, 3.05) is 32.1 Å². The van der Waals surface area contributed by atoms with Crippen molar-refractivity contribution >= 4 is 34.9 Å². The monoisotopic (exact) mass is 351 g/mol. The van der Waals surface area contributed by atoms with Crippen LogP contribution >= 0.6 is 12.2 Å². The minimum atomic E-state index is -0.639. The van der Waals surface area contributed by atoms with Gasteiger partial charge in [-0.25, -0.2) is 0 Å². The molecule has 0 bridgehead atoms. The van der Waals surface area contributed by atoms with E-state index in [1.807, 2.05) is 23.1 Å². The highest BCUT2D eigenvalue weighted by molar-refractivity contribution is 7.80. The largest absolute Gasteiger partial charge is 0.477 e. The van der Waals surface area contributed by atoms with E-state index in [4.69, 9.17) is 17.0 Å². The lowest BCUT2D eigenvalue weighted by atomic mass is 10.2. The van der Waals surface area contributed by atoms with E-state index in [-0.39, 0.29) is 11.9 Å². The molecule has 0 saturated carbocycles. The van der Waals surface area contributed by atoms with E-state index in [0.29, 0.717) is 36.8 Å². The fourth-order valence-corrected chi connectivity index (χ4v) is 2.62. The minimum absolute atomic E-state index is 0.206. The van der Waals surface area contributed by atoms with Crippen LogP contribution in [-0.4, -0.2) is 50.3 Å². The van der Waals surface area contributed by atoms with E-state index in [2.05, 4.69) is 15.4 Å². The van der Waals surface area contributed by atoms with Crippen molar-refractivity contribution < 1.29 is 19.1 Å². The van der Waals surface area contributed by atoms with Gasteiger partial charge in [0.05, 0.1) is 19.3 Å². The Morgan fingerprint density at radius 1 is 1.42 bits per heavy atom. The van der Waals surface area contributed by atoms with Crippen LogP contribution in [0.3, 0.4) is 0 Å². The summed E-state index contributed by atoms with van der Waals surface area (Å²) in [6.07, 6.45) is 0.296. The number of ether oxygens (including phenoxy) is 2. The van der Waals surface area contributed by atoms with Gasteiger partial charge in [0, 0.05) is 20.0 Å². The number of nitrogens with zero attached hydrogens (tertiary/aromatic N) is 1. The number of carbonyl (C=O) groups excluding carboxylic acids is 2. The van der Waals surface area contributed by atoms with Crippen LogP contribution in [0.15, 0.2) is 24.3 Å². The van der Waals surface area contributed by atoms with Gasteiger partial charge in [0.1, 0.15) is 5.75 Å². The predicted octanol–water partition coefficient (Wildman–Crippen LogP) is 0.828. The lowest BCUT2D eigenvalue weighted by Gasteiger charge is -2.35. The molecule has 1 aromatic rings. The Kier molecular flexibility index (Phi) is 6.36. The zero-order chi connectivity index (χ0) is 17.5. The van der Waals surface area contributed by atoms with Gasteiger partial charge in [-0.3, -0.25) is 9.59 Å². The van der Waals surface area contributed by atoms with Crippen LogP contribution in [0.1, 0.15) is 12.8 Å². The first-order valence-corrected chi connectivity index (χ1v) is 8.07. The second-order valence-corrected chi connectivity index (χ2v) is 5.60. The maximum Gasteiger partial charge on any atom is 0.305 e. The number of hydrogen-bond donors (Lipinski definition) is 2. The zero-order valence-electron chi connectivity index (χ0n) is 13.7. The van der Waals surface area contributed by atoms with Crippen molar-refractivity contribution in [2.24, 2.45) is 0 Å². The smallest absolute Gasteiger partial charge is 0.305 e. The Morgan fingerprint density at radius 2 is 2.17 bits per heavy atom. The summed E-state index contributed by atoms with van der Waals surface area (Å²) in [5.41, 5.74) is 0.808. The summed E-state index contributed by atoms with van der Waals surface area (Å²) in [5.74, 6) is 0.151.